The van der Waals surface area contributed by atoms with Crippen molar-refractivity contribution < 1.29 is 19.8 Å². The topological polar surface area (TPSA) is 0 Å². The Labute approximate surface area is 56.9 Å². The third kappa shape index (κ3) is 3.05. The van der Waals surface area contributed by atoms with Crippen molar-refractivity contribution in [2.24, 2.45) is 5.41 Å². The quantitative estimate of drug-likeness (QED) is 0.679. The van der Waals surface area contributed by atoms with E-state index in [4.69, 9.17) is 0 Å². The maximum absolute atomic E-state index is 3.70. The van der Waals surface area contributed by atoms with Gasteiger partial charge in [0.05, 0.1) is 0 Å². The first kappa shape index (κ1) is 7.43. The SMILES string of the molecule is C=CC(C)(C)[CH2][Pt]. The zero-order valence-corrected chi connectivity index (χ0v) is 7.08. The monoisotopic (exact) mass is 278 g/mol. The average Bonchev–Trinajstić information content (AvgIpc) is 1.68. The molecule has 0 spiro atoms. The summed E-state index contributed by atoms with van der Waals surface area (Å²) < 4.78 is 0. The Balaban J connectivity index is 3.58. The van der Waals surface area contributed by atoms with Gasteiger partial charge >= 0.3 is 56.5 Å². The molecule has 0 amide bonds. The van der Waals surface area contributed by atoms with Crippen LogP contribution in [0.25, 0.3) is 0 Å². The Morgan fingerprint density at radius 3 is 2.14 bits per heavy atom. The van der Waals surface area contributed by atoms with Gasteiger partial charge in [-0.3, -0.25) is 0 Å². The van der Waals surface area contributed by atoms with Crippen molar-refractivity contribution in [1.82, 2.24) is 0 Å². The van der Waals surface area contributed by atoms with Gasteiger partial charge in [-0.1, -0.05) is 0 Å². The molecule has 0 aromatic rings. The van der Waals surface area contributed by atoms with E-state index in [1.165, 1.54) is 0 Å². The summed E-state index contributed by atoms with van der Waals surface area (Å²) in [4.78, 5) is 1.15. The van der Waals surface area contributed by atoms with Crippen molar-refractivity contribution in [3.05, 3.63) is 12.7 Å². The summed E-state index contributed by atoms with van der Waals surface area (Å²) in [6.45, 7) is 8.05. The van der Waals surface area contributed by atoms with Crippen molar-refractivity contribution in [2.75, 3.05) is 0 Å². The third-order valence-electron chi connectivity index (χ3n) is 0.841. The van der Waals surface area contributed by atoms with Crippen LogP contribution < -0.4 is 0 Å². The van der Waals surface area contributed by atoms with E-state index in [0.29, 0.717) is 5.41 Å². The predicted octanol–water partition coefficient (Wildman–Crippen LogP) is 2.16. The molecule has 0 aliphatic rings. The van der Waals surface area contributed by atoms with E-state index < -0.39 is 0 Å². The van der Waals surface area contributed by atoms with E-state index in [0.717, 1.165) is 4.81 Å². The maximum atomic E-state index is 3.70. The van der Waals surface area contributed by atoms with E-state index in [9.17, 15) is 0 Å². The fraction of sp³-hybridized carbons (Fsp3) is 0.667. The number of hydrogen-bond donors (Lipinski definition) is 0. The molecule has 0 N–H and O–H groups in total. The van der Waals surface area contributed by atoms with Crippen molar-refractivity contribution in [2.45, 2.75) is 18.7 Å². The number of hydrogen-bond acceptors (Lipinski definition) is 0. The molecule has 45 valence electrons. The van der Waals surface area contributed by atoms with Gasteiger partial charge in [0.2, 0.25) is 0 Å². The van der Waals surface area contributed by atoms with Crippen LogP contribution in [0.15, 0.2) is 12.7 Å². The van der Waals surface area contributed by atoms with Crippen LogP contribution in [-0.4, -0.2) is 0 Å². The Morgan fingerprint density at radius 1 is 1.71 bits per heavy atom. The minimum atomic E-state index is 0.335. The van der Waals surface area contributed by atoms with Crippen LogP contribution in [0.5, 0.6) is 0 Å². The van der Waals surface area contributed by atoms with E-state index in [2.05, 4.69) is 40.2 Å². The summed E-state index contributed by atoms with van der Waals surface area (Å²) >= 11 is 2.34. The fourth-order valence-corrected chi connectivity index (χ4v) is 0.374. The van der Waals surface area contributed by atoms with Crippen LogP contribution in [0, 0.1) is 5.41 Å². The molecular weight excluding hydrogens is 267 g/mol. The molecule has 0 aliphatic carbocycles. The van der Waals surface area contributed by atoms with Gasteiger partial charge in [-0.2, -0.15) is 0 Å². The molecule has 0 rings (SSSR count). The normalized spacial score (nSPS) is 11.4. The molecule has 0 saturated heterocycles. The summed E-state index contributed by atoms with van der Waals surface area (Å²) in [7, 11) is 0. The van der Waals surface area contributed by atoms with Gasteiger partial charge in [-0.15, -0.1) is 0 Å². The summed E-state index contributed by atoms with van der Waals surface area (Å²) in [6.07, 6.45) is 1.99. The zero-order valence-electron chi connectivity index (χ0n) is 4.81. The predicted molar refractivity (Wildman–Crippen MR) is 28.8 cm³/mol. The molecule has 0 radical (unpaired) electrons. The molecular formula is C6H11Pt. The summed E-state index contributed by atoms with van der Waals surface area (Å²) in [6, 6.07) is 0. The van der Waals surface area contributed by atoms with Crippen LogP contribution in [0.4, 0.5) is 0 Å². The van der Waals surface area contributed by atoms with Crippen molar-refractivity contribution in [1.29, 1.82) is 0 Å². The molecule has 0 aromatic carbocycles. The Morgan fingerprint density at radius 2 is 2.14 bits per heavy atom. The molecule has 0 aromatic heterocycles. The van der Waals surface area contributed by atoms with Crippen LogP contribution in [-0.2, 0) is 19.8 Å². The van der Waals surface area contributed by atoms with Gasteiger partial charge in [-0.25, -0.2) is 0 Å². The summed E-state index contributed by atoms with van der Waals surface area (Å²) in [5.74, 6) is 0. The molecule has 1 heteroatoms. The standard InChI is InChI=1S/C6H11.Pt/c1-5-6(2,3)4;/h5H,1-2H2,3-4H3;. The molecule has 7 heavy (non-hydrogen) atoms. The van der Waals surface area contributed by atoms with Crippen LogP contribution in [0.2, 0.25) is 4.81 Å². The second-order valence-corrected chi connectivity index (χ2v) is 3.11. The van der Waals surface area contributed by atoms with Gasteiger partial charge in [0.25, 0.3) is 0 Å². The van der Waals surface area contributed by atoms with Crippen molar-refractivity contribution in [3.63, 3.8) is 0 Å². The van der Waals surface area contributed by atoms with Gasteiger partial charge in [0.1, 0.15) is 0 Å². The number of rotatable bonds is 2. The Hall–Kier alpha value is 0.428. The van der Waals surface area contributed by atoms with E-state index in [-0.39, 0.29) is 0 Å². The molecule has 0 aliphatic heterocycles. The molecule has 0 unspecified atom stereocenters. The first-order valence-electron chi connectivity index (χ1n) is 2.27. The van der Waals surface area contributed by atoms with Crippen LogP contribution in [0.3, 0.4) is 0 Å². The van der Waals surface area contributed by atoms with E-state index >= 15 is 0 Å². The summed E-state index contributed by atoms with van der Waals surface area (Å²) in [5.41, 5.74) is 0.335. The fourth-order valence-electron chi connectivity index (χ4n) is 0.0456. The van der Waals surface area contributed by atoms with E-state index in [1.54, 1.807) is 0 Å². The van der Waals surface area contributed by atoms with E-state index in [1.807, 2.05) is 6.08 Å². The molecule has 0 bridgehead atoms. The van der Waals surface area contributed by atoms with Gasteiger partial charge < -0.3 is 0 Å². The summed E-state index contributed by atoms with van der Waals surface area (Å²) in [5, 5.41) is 0. The molecule has 0 saturated carbocycles. The van der Waals surface area contributed by atoms with Gasteiger partial charge in [0.15, 0.2) is 0 Å². The first-order chi connectivity index (χ1) is 3.12. The Bertz CT molecular complexity index is 64.6. The van der Waals surface area contributed by atoms with Crippen LogP contribution >= 0.6 is 0 Å². The molecule has 0 heterocycles. The zero-order chi connectivity index (χ0) is 5.91. The second kappa shape index (κ2) is 2.67. The minimum absolute atomic E-state index is 0.335. The van der Waals surface area contributed by atoms with Gasteiger partial charge in [-0.05, 0) is 0 Å². The molecule has 0 fully saturated rings. The second-order valence-electron chi connectivity index (χ2n) is 2.30. The first-order valence-corrected chi connectivity index (χ1v) is 3.88. The van der Waals surface area contributed by atoms with Crippen molar-refractivity contribution >= 4 is 0 Å². The third-order valence-corrected chi connectivity index (χ3v) is 2.91. The average molecular weight is 278 g/mol. The molecule has 0 atom stereocenters. The molecule has 0 nitrogen and oxygen atoms in total. The van der Waals surface area contributed by atoms with Gasteiger partial charge in [0, 0.05) is 0 Å². The van der Waals surface area contributed by atoms with Crippen molar-refractivity contribution in [3.8, 4) is 0 Å². The van der Waals surface area contributed by atoms with Crippen LogP contribution in [0.1, 0.15) is 13.8 Å². The Kier molecular flexibility index (Phi) is 2.83. The number of allylic oxidation sites excluding steroid dienone is 1.